The average Bonchev–Trinajstić information content (AvgIpc) is 2.59. The second kappa shape index (κ2) is 7.18. The summed E-state index contributed by atoms with van der Waals surface area (Å²) in [4.78, 5) is 20.9. The topological polar surface area (TPSA) is 127 Å². The molecule has 0 aliphatic heterocycles. The van der Waals surface area contributed by atoms with Crippen LogP contribution in [-0.4, -0.2) is 38.1 Å². The van der Waals surface area contributed by atoms with Gasteiger partial charge in [0.25, 0.3) is 15.7 Å². The van der Waals surface area contributed by atoms with Crippen LogP contribution in [0.4, 0.5) is 11.4 Å². The lowest BCUT2D eigenvalue weighted by Gasteiger charge is -2.23. The highest BCUT2D eigenvalue weighted by molar-refractivity contribution is 7.92. The Morgan fingerprint density at radius 1 is 1.24 bits per heavy atom. The Hall–Kier alpha value is -3.14. The number of anilines is 1. The molecule has 0 saturated heterocycles. The second-order valence-electron chi connectivity index (χ2n) is 4.86. The van der Waals surface area contributed by atoms with Gasteiger partial charge in [-0.3, -0.25) is 19.2 Å². The van der Waals surface area contributed by atoms with E-state index in [9.17, 15) is 23.3 Å². The van der Waals surface area contributed by atoms with Crippen LogP contribution in [-0.2, 0) is 14.8 Å². The number of sulfonamides is 1. The number of nitro benzene ring substituents is 1. The van der Waals surface area contributed by atoms with Crippen molar-refractivity contribution in [1.29, 1.82) is 0 Å². The maximum Gasteiger partial charge on any atom is 0.324 e. The Morgan fingerprint density at radius 3 is 2.40 bits per heavy atom. The molecule has 9 nitrogen and oxygen atoms in total. The highest BCUT2D eigenvalue weighted by Gasteiger charge is 2.28. The Bertz CT molecular complexity index is 894. The minimum absolute atomic E-state index is 0.0973. The standard InChI is InChI=1S/C15H14N2O7S/c1-24-13-4-2-3-12(9-13)16(10-15(18)19)25(22,23)14-7-5-11(6-8-14)17(20)21/h2-9H,10H2,1H3,(H,18,19). The number of benzene rings is 2. The van der Waals surface area contributed by atoms with Crippen LogP contribution in [0.3, 0.4) is 0 Å². The third kappa shape index (κ3) is 4.04. The first-order valence-electron chi connectivity index (χ1n) is 6.89. The van der Waals surface area contributed by atoms with Crippen molar-refractivity contribution in [3.63, 3.8) is 0 Å². The van der Waals surface area contributed by atoms with Gasteiger partial charge in [0.05, 0.1) is 22.6 Å². The van der Waals surface area contributed by atoms with E-state index in [0.717, 1.165) is 24.3 Å². The molecule has 0 fully saturated rings. The van der Waals surface area contributed by atoms with Gasteiger partial charge in [-0.25, -0.2) is 8.42 Å². The van der Waals surface area contributed by atoms with E-state index < -0.39 is 27.5 Å². The van der Waals surface area contributed by atoms with Gasteiger partial charge in [-0.1, -0.05) is 6.07 Å². The monoisotopic (exact) mass is 366 g/mol. The predicted molar refractivity (Wildman–Crippen MR) is 88.3 cm³/mol. The summed E-state index contributed by atoms with van der Waals surface area (Å²) in [5.41, 5.74) is -0.176. The first-order chi connectivity index (χ1) is 11.8. The zero-order valence-corrected chi connectivity index (χ0v) is 13.8. The molecule has 0 aliphatic rings. The van der Waals surface area contributed by atoms with Gasteiger partial charge in [-0.05, 0) is 24.3 Å². The smallest absolute Gasteiger partial charge is 0.324 e. The van der Waals surface area contributed by atoms with E-state index in [2.05, 4.69) is 0 Å². The maximum atomic E-state index is 12.8. The molecular weight excluding hydrogens is 352 g/mol. The number of hydrogen-bond donors (Lipinski definition) is 1. The molecular formula is C15H14N2O7S. The molecule has 0 spiro atoms. The molecule has 10 heteroatoms. The highest BCUT2D eigenvalue weighted by Crippen LogP contribution is 2.27. The number of nitro groups is 1. The summed E-state index contributed by atoms with van der Waals surface area (Å²) in [7, 11) is -2.85. The van der Waals surface area contributed by atoms with Crippen molar-refractivity contribution in [2.45, 2.75) is 4.90 Å². The van der Waals surface area contributed by atoms with Gasteiger partial charge in [0.2, 0.25) is 0 Å². The van der Waals surface area contributed by atoms with E-state index in [1.165, 1.54) is 25.3 Å². The van der Waals surface area contributed by atoms with Gasteiger partial charge in [-0.2, -0.15) is 0 Å². The Labute approximate surface area is 143 Å². The molecule has 0 bridgehead atoms. The van der Waals surface area contributed by atoms with E-state index in [-0.39, 0.29) is 16.3 Å². The number of methoxy groups -OCH3 is 1. The molecule has 0 atom stereocenters. The third-order valence-electron chi connectivity index (χ3n) is 3.26. The summed E-state index contributed by atoms with van der Waals surface area (Å²) < 4.78 is 31.3. The van der Waals surface area contributed by atoms with Crippen LogP contribution in [0.5, 0.6) is 5.75 Å². The van der Waals surface area contributed by atoms with E-state index in [4.69, 9.17) is 9.84 Å². The lowest BCUT2D eigenvalue weighted by Crippen LogP contribution is -2.35. The van der Waals surface area contributed by atoms with Crippen molar-refractivity contribution in [2.75, 3.05) is 18.0 Å². The van der Waals surface area contributed by atoms with E-state index in [1.54, 1.807) is 6.07 Å². The quantitative estimate of drug-likeness (QED) is 0.585. The average molecular weight is 366 g/mol. The van der Waals surface area contributed by atoms with Crippen molar-refractivity contribution in [3.8, 4) is 5.75 Å². The van der Waals surface area contributed by atoms with Gasteiger partial charge in [0.15, 0.2) is 0 Å². The summed E-state index contributed by atoms with van der Waals surface area (Å²) in [6.45, 7) is -0.813. The zero-order chi connectivity index (χ0) is 18.6. The predicted octanol–water partition coefficient (Wildman–Crippen LogP) is 1.88. The number of rotatable bonds is 7. The molecule has 2 aromatic carbocycles. The highest BCUT2D eigenvalue weighted by atomic mass is 32.2. The fraction of sp³-hybridized carbons (Fsp3) is 0.133. The fourth-order valence-electron chi connectivity index (χ4n) is 2.07. The van der Waals surface area contributed by atoms with Crippen LogP contribution in [0.15, 0.2) is 53.4 Å². The summed E-state index contributed by atoms with van der Waals surface area (Å²) >= 11 is 0. The van der Waals surface area contributed by atoms with Crippen molar-refractivity contribution in [3.05, 3.63) is 58.6 Å². The van der Waals surface area contributed by atoms with Crippen LogP contribution >= 0.6 is 0 Å². The fourth-order valence-corrected chi connectivity index (χ4v) is 3.48. The van der Waals surface area contributed by atoms with Gasteiger partial charge >= 0.3 is 5.97 Å². The van der Waals surface area contributed by atoms with Gasteiger partial charge in [0.1, 0.15) is 12.3 Å². The molecule has 0 heterocycles. The SMILES string of the molecule is COc1cccc(N(CC(=O)O)S(=O)(=O)c2ccc([N+](=O)[O-])cc2)c1. The van der Waals surface area contributed by atoms with Gasteiger partial charge in [0, 0.05) is 18.2 Å². The zero-order valence-electron chi connectivity index (χ0n) is 13.0. The number of non-ortho nitro benzene ring substituents is 1. The molecule has 0 amide bonds. The van der Waals surface area contributed by atoms with E-state index in [1.807, 2.05) is 0 Å². The number of carbonyl (C=O) groups is 1. The minimum Gasteiger partial charge on any atom is -0.497 e. The largest absolute Gasteiger partial charge is 0.497 e. The first-order valence-corrected chi connectivity index (χ1v) is 8.33. The first kappa shape index (κ1) is 18.2. The van der Waals surface area contributed by atoms with Crippen LogP contribution in [0, 0.1) is 10.1 Å². The second-order valence-corrected chi connectivity index (χ2v) is 6.72. The van der Waals surface area contributed by atoms with Crippen LogP contribution in [0.1, 0.15) is 0 Å². The minimum atomic E-state index is -4.24. The van der Waals surface area contributed by atoms with Crippen molar-refractivity contribution in [2.24, 2.45) is 0 Å². The molecule has 1 N–H and O–H groups in total. The number of ether oxygens (including phenoxy) is 1. The normalized spacial score (nSPS) is 10.9. The van der Waals surface area contributed by atoms with Gasteiger partial charge in [-0.15, -0.1) is 0 Å². The number of hydrogen-bond acceptors (Lipinski definition) is 6. The lowest BCUT2D eigenvalue weighted by molar-refractivity contribution is -0.384. The van der Waals surface area contributed by atoms with Gasteiger partial charge < -0.3 is 9.84 Å². The van der Waals surface area contributed by atoms with Crippen molar-refractivity contribution >= 4 is 27.4 Å². The van der Waals surface area contributed by atoms with Crippen LogP contribution in [0.2, 0.25) is 0 Å². The molecule has 0 aromatic heterocycles. The molecule has 2 aromatic rings. The summed E-state index contributed by atoms with van der Waals surface area (Å²) in [5, 5.41) is 19.8. The molecule has 0 aliphatic carbocycles. The number of carboxylic acids is 1. The maximum absolute atomic E-state index is 12.8. The molecule has 25 heavy (non-hydrogen) atoms. The summed E-state index contributed by atoms with van der Waals surface area (Å²) in [6.07, 6.45) is 0. The number of nitrogens with zero attached hydrogens (tertiary/aromatic N) is 2. The molecule has 0 radical (unpaired) electrons. The van der Waals surface area contributed by atoms with Crippen LogP contribution in [0.25, 0.3) is 0 Å². The molecule has 0 unspecified atom stereocenters. The van der Waals surface area contributed by atoms with E-state index >= 15 is 0 Å². The number of carboxylic acid groups (broad SMARTS) is 1. The van der Waals surface area contributed by atoms with Crippen molar-refractivity contribution < 1.29 is 28.0 Å². The number of aliphatic carboxylic acids is 1. The molecule has 2 rings (SSSR count). The van der Waals surface area contributed by atoms with Crippen LogP contribution < -0.4 is 9.04 Å². The third-order valence-corrected chi connectivity index (χ3v) is 5.04. The Morgan fingerprint density at radius 2 is 1.88 bits per heavy atom. The Balaban J connectivity index is 2.51. The lowest BCUT2D eigenvalue weighted by atomic mass is 10.3. The van der Waals surface area contributed by atoms with E-state index in [0.29, 0.717) is 10.1 Å². The summed E-state index contributed by atoms with van der Waals surface area (Å²) in [5.74, 6) is -1.000. The molecule has 0 saturated carbocycles. The molecule has 132 valence electrons. The Kier molecular flexibility index (Phi) is 5.22. The summed E-state index contributed by atoms with van der Waals surface area (Å²) in [6, 6.07) is 10.1. The van der Waals surface area contributed by atoms with Crippen molar-refractivity contribution in [1.82, 2.24) is 0 Å².